The van der Waals surface area contributed by atoms with E-state index in [-0.39, 0.29) is 0 Å². The van der Waals surface area contributed by atoms with Crippen LogP contribution in [0.3, 0.4) is 0 Å². The fourth-order valence-electron chi connectivity index (χ4n) is 2.30. The fourth-order valence-corrected chi connectivity index (χ4v) is 2.80. The molecule has 0 aliphatic heterocycles. The van der Waals surface area contributed by atoms with Crippen molar-refractivity contribution in [2.45, 2.75) is 40.2 Å². The number of guanidine groups is 1. The summed E-state index contributed by atoms with van der Waals surface area (Å²) in [5.41, 5.74) is 3.07. The maximum Gasteiger partial charge on any atom is 0.191 e. The van der Waals surface area contributed by atoms with E-state index in [0.29, 0.717) is 6.54 Å². The second-order valence-electron chi connectivity index (χ2n) is 5.37. The minimum atomic E-state index is 0.544. The number of aryl methyl sites for hydroxylation is 1. The maximum absolute atomic E-state index is 5.45. The average Bonchev–Trinajstić information content (AvgIpc) is 2.54. The van der Waals surface area contributed by atoms with E-state index in [9.17, 15) is 0 Å². The first kappa shape index (κ1) is 19.6. The molecule has 0 aliphatic rings. The van der Waals surface area contributed by atoms with E-state index in [4.69, 9.17) is 4.74 Å². The zero-order valence-corrected chi connectivity index (χ0v) is 15.8. The molecule has 0 radical (unpaired) electrons. The van der Waals surface area contributed by atoms with Gasteiger partial charge in [0.1, 0.15) is 5.75 Å². The molecule has 0 amide bonds. The third kappa shape index (κ3) is 6.69. The van der Waals surface area contributed by atoms with Gasteiger partial charge in [-0.15, -0.1) is 0 Å². The number of thioether (sulfide) groups is 1. The van der Waals surface area contributed by atoms with Crippen molar-refractivity contribution in [3.05, 3.63) is 23.0 Å². The smallest absolute Gasteiger partial charge is 0.191 e. The Labute approximate surface area is 144 Å². The molecular weight excluding hydrogens is 308 g/mol. The van der Waals surface area contributed by atoms with E-state index in [1.165, 1.54) is 12.2 Å². The van der Waals surface area contributed by atoms with Gasteiger partial charge in [-0.2, -0.15) is 11.8 Å². The lowest BCUT2D eigenvalue weighted by molar-refractivity contribution is 0.407. The molecule has 2 N–H and O–H groups in total. The lowest BCUT2D eigenvalue weighted by Crippen LogP contribution is -2.37. The van der Waals surface area contributed by atoms with Gasteiger partial charge in [0.25, 0.3) is 0 Å². The Balaban J connectivity index is 2.66. The molecule has 0 saturated heterocycles. The monoisotopic (exact) mass is 338 g/mol. The minimum absolute atomic E-state index is 0.544. The van der Waals surface area contributed by atoms with Crippen molar-refractivity contribution in [2.24, 2.45) is 4.99 Å². The van der Waals surface area contributed by atoms with Crippen LogP contribution < -0.4 is 15.4 Å². The highest BCUT2D eigenvalue weighted by Gasteiger charge is 2.09. The third-order valence-corrected chi connectivity index (χ3v) is 4.25. The molecule has 6 heteroatoms. The molecule has 0 bridgehead atoms. The van der Waals surface area contributed by atoms with Crippen LogP contribution in [-0.4, -0.2) is 43.2 Å². The van der Waals surface area contributed by atoms with Crippen molar-refractivity contribution in [1.29, 1.82) is 0 Å². The predicted molar refractivity (Wildman–Crippen MR) is 101 cm³/mol. The standard InChI is InChI=1S/C17H30N4OS/c1-6-18-17(19-9-7-8-10-23-5)21-12-15-14(3)16(22-4)13(2)11-20-15/h11H,6-10,12H2,1-5H3,(H2,18,19,21). The number of unbranched alkanes of at least 4 members (excludes halogenated alkanes) is 1. The first-order chi connectivity index (χ1) is 11.1. The molecule has 23 heavy (non-hydrogen) atoms. The first-order valence-electron chi connectivity index (χ1n) is 8.14. The molecule has 0 saturated carbocycles. The van der Waals surface area contributed by atoms with Gasteiger partial charge in [0.2, 0.25) is 0 Å². The van der Waals surface area contributed by atoms with E-state index in [2.05, 4.69) is 33.8 Å². The molecule has 0 aliphatic carbocycles. The molecular formula is C17H30N4OS. The van der Waals surface area contributed by atoms with Crippen LogP contribution in [0.15, 0.2) is 11.2 Å². The van der Waals surface area contributed by atoms with Gasteiger partial charge in [0, 0.05) is 30.4 Å². The predicted octanol–water partition coefficient (Wildman–Crippen LogP) is 2.91. The van der Waals surface area contributed by atoms with E-state index in [1.54, 1.807) is 7.11 Å². The SMILES string of the molecule is CCNC(=NCc1ncc(C)c(OC)c1C)NCCCCSC. The van der Waals surface area contributed by atoms with Crippen molar-refractivity contribution in [3.63, 3.8) is 0 Å². The van der Waals surface area contributed by atoms with Crippen LogP contribution >= 0.6 is 11.8 Å². The number of pyridine rings is 1. The number of nitrogens with one attached hydrogen (secondary N) is 2. The summed E-state index contributed by atoms with van der Waals surface area (Å²) in [5.74, 6) is 2.96. The second kappa shape index (κ2) is 11.2. The maximum atomic E-state index is 5.45. The Morgan fingerprint density at radius 1 is 1.30 bits per heavy atom. The normalized spacial score (nSPS) is 11.4. The zero-order valence-electron chi connectivity index (χ0n) is 15.0. The quantitative estimate of drug-likeness (QED) is 0.412. The second-order valence-corrected chi connectivity index (χ2v) is 6.35. The van der Waals surface area contributed by atoms with Crippen LogP contribution in [0.2, 0.25) is 0 Å². The van der Waals surface area contributed by atoms with Gasteiger partial charge < -0.3 is 15.4 Å². The Bertz CT molecular complexity index is 506. The Morgan fingerprint density at radius 2 is 2.09 bits per heavy atom. The summed E-state index contributed by atoms with van der Waals surface area (Å²) in [6, 6.07) is 0. The molecule has 1 aromatic heterocycles. The van der Waals surface area contributed by atoms with Crippen molar-refractivity contribution < 1.29 is 4.74 Å². The number of nitrogens with zero attached hydrogens (tertiary/aromatic N) is 2. The topological polar surface area (TPSA) is 58.5 Å². The first-order valence-corrected chi connectivity index (χ1v) is 9.53. The summed E-state index contributed by atoms with van der Waals surface area (Å²) in [4.78, 5) is 9.13. The lowest BCUT2D eigenvalue weighted by Gasteiger charge is -2.13. The lowest BCUT2D eigenvalue weighted by atomic mass is 10.1. The molecule has 1 rings (SSSR count). The van der Waals surface area contributed by atoms with Crippen molar-refractivity contribution >= 4 is 17.7 Å². The van der Waals surface area contributed by atoms with Crippen molar-refractivity contribution in [1.82, 2.24) is 15.6 Å². The number of hydrogen-bond donors (Lipinski definition) is 2. The van der Waals surface area contributed by atoms with Gasteiger partial charge in [-0.1, -0.05) is 0 Å². The van der Waals surface area contributed by atoms with Crippen LogP contribution in [0.25, 0.3) is 0 Å². The summed E-state index contributed by atoms with van der Waals surface area (Å²) in [7, 11) is 1.70. The van der Waals surface area contributed by atoms with Gasteiger partial charge in [-0.25, -0.2) is 4.99 Å². The molecule has 0 spiro atoms. The van der Waals surface area contributed by atoms with Crippen molar-refractivity contribution in [2.75, 3.05) is 32.2 Å². The summed E-state index contributed by atoms with van der Waals surface area (Å²) in [5, 5.41) is 6.66. The Kier molecular flexibility index (Phi) is 9.52. The highest BCUT2D eigenvalue weighted by Crippen LogP contribution is 2.24. The van der Waals surface area contributed by atoms with Gasteiger partial charge in [-0.05, 0) is 45.6 Å². The van der Waals surface area contributed by atoms with E-state index in [0.717, 1.165) is 48.0 Å². The molecule has 1 aromatic rings. The molecule has 0 fully saturated rings. The number of hydrogen-bond acceptors (Lipinski definition) is 4. The van der Waals surface area contributed by atoms with Crippen LogP contribution in [0.4, 0.5) is 0 Å². The number of aliphatic imine (C=N–C) groups is 1. The Hall–Kier alpha value is -1.43. The molecule has 130 valence electrons. The summed E-state index contributed by atoms with van der Waals surface area (Å²) in [6.45, 7) is 8.45. The van der Waals surface area contributed by atoms with Crippen LogP contribution in [0, 0.1) is 13.8 Å². The summed E-state index contributed by atoms with van der Waals surface area (Å²) < 4.78 is 5.45. The molecule has 5 nitrogen and oxygen atoms in total. The van der Waals surface area contributed by atoms with Crippen molar-refractivity contribution in [3.8, 4) is 5.75 Å². The largest absolute Gasteiger partial charge is 0.496 e. The summed E-state index contributed by atoms with van der Waals surface area (Å²) >= 11 is 1.89. The molecule has 0 unspecified atom stereocenters. The number of methoxy groups -OCH3 is 1. The fraction of sp³-hybridized carbons (Fsp3) is 0.647. The molecule has 0 aromatic carbocycles. The van der Waals surface area contributed by atoms with Gasteiger partial charge >= 0.3 is 0 Å². The third-order valence-electron chi connectivity index (χ3n) is 3.55. The van der Waals surface area contributed by atoms with Crippen LogP contribution in [0.1, 0.15) is 36.6 Å². The molecule has 1 heterocycles. The highest BCUT2D eigenvalue weighted by atomic mass is 32.2. The van der Waals surface area contributed by atoms with Crippen LogP contribution in [0.5, 0.6) is 5.75 Å². The van der Waals surface area contributed by atoms with Crippen LogP contribution in [-0.2, 0) is 6.54 Å². The number of aromatic nitrogens is 1. The van der Waals surface area contributed by atoms with Gasteiger partial charge in [-0.3, -0.25) is 4.98 Å². The summed E-state index contributed by atoms with van der Waals surface area (Å²) in [6.07, 6.45) is 6.37. The number of ether oxygens (including phenoxy) is 1. The Morgan fingerprint density at radius 3 is 2.74 bits per heavy atom. The van der Waals surface area contributed by atoms with E-state index in [1.807, 2.05) is 31.8 Å². The average molecular weight is 339 g/mol. The van der Waals surface area contributed by atoms with E-state index >= 15 is 0 Å². The molecule has 0 atom stereocenters. The van der Waals surface area contributed by atoms with E-state index < -0.39 is 0 Å². The minimum Gasteiger partial charge on any atom is -0.496 e. The number of rotatable bonds is 9. The van der Waals surface area contributed by atoms with Gasteiger partial charge in [0.15, 0.2) is 5.96 Å². The van der Waals surface area contributed by atoms with Gasteiger partial charge in [0.05, 0.1) is 19.3 Å². The highest BCUT2D eigenvalue weighted by molar-refractivity contribution is 7.98. The zero-order chi connectivity index (χ0) is 17.1.